The molecule has 2 N–H and O–H groups in total. The summed E-state index contributed by atoms with van der Waals surface area (Å²) in [6, 6.07) is 9.88. The van der Waals surface area contributed by atoms with Crippen LogP contribution >= 0.6 is 0 Å². The molecule has 0 aliphatic carbocycles. The number of halogens is 1. The highest BCUT2D eigenvalue weighted by molar-refractivity contribution is 5.86. The summed E-state index contributed by atoms with van der Waals surface area (Å²) in [7, 11) is 0. The van der Waals surface area contributed by atoms with Gasteiger partial charge in [0, 0.05) is 11.8 Å². The van der Waals surface area contributed by atoms with E-state index in [4.69, 9.17) is 0 Å². The van der Waals surface area contributed by atoms with Crippen LogP contribution in [0.4, 0.5) is 4.39 Å². The van der Waals surface area contributed by atoms with Crippen LogP contribution in [0.15, 0.2) is 42.6 Å². The maximum absolute atomic E-state index is 13.6. The molecule has 0 fully saturated rings. The first-order valence-electron chi connectivity index (χ1n) is 5.18. The summed E-state index contributed by atoms with van der Waals surface area (Å²) < 4.78 is 13.6. The smallest absolute Gasteiger partial charge is 0.198 e. The highest BCUT2D eigenvalue weighted by Gasteiger charge is 2.08. The first-order valence-corrected chi connectivity index (χ1v) is 5.18. The van der Waals surface area contributed by atoms with Crippen LogP contribution in [-0.2, 0) is 0 Å². The van der Waals surface area contributed by atoms with E-state index in [9.17, 15) is 9.50 Å². The van der Waals surface area contributed by atoms with Crippen molar-refractivity contribution in [1.82, 2.24) is 9.97 Å². The van der Waals surface area contributed by atoms with Crippen LogP contribution in [-0.4, -0.2) is 15.1 Å². The molecule has 0 amide bonds. The van der Waals surface area contributed by atoms with Crippen LogP contribution in [0.3, 0.4) is 0 Å². The van der Waals surface area contributed by atoms with E-state index in [0.29, 0.717) is 22.2 Å². The van der Waals surface area contributed by atoms with Crippen molar-refractivity contribution in [3.63, 3.8) is 0 Å². The predicted molar refractivity (Wildman–Crippen MR) is 63.2 cm³/mol. The fraction of sp³-hybridized carbons (Fsp3) is 0. The minimum absolute atomic E-state index is 0.0765. The standard InChI is InChI=1S/C13H9FN2O/c14-10-4-2-1-3-8(10)11-6-5-9-12(16-11)7-15-13(9)17/h1-7,15,17H. The molecule has 0 bridgehead atoms. The molecule has 2 aromatic heterocycles. The highest BCUT2D eigenvalue weighted by atomic mass is 19.1. The summed E-state index contributed by atoms with van der Waals surface area (Å²) >= 11 is 0. The van der Waals surface area contributed by atoms with Crippen LogP contribution in [0.25, 0.3) is 22.2 Å². The molecule has 0 aliphatic heterocycles. The van der Waals surface area contributed by atoms with E-state index in [1.54, 1.807) is 36.5 Å². The molecule has 0 atom stereocenters. The van der Waals surface area contributed by atoms with E-state index in [1.807, 2.05) is 0 Å². The van der Waals surface area contributed by atoms with Gasteiger partial charge in [0.2, 0.25) is 0 Å². The van der Waals surface area contributed by atoms with Crippen molar-refractivity contribution in [1.29, 1.82) is 0 Å². The summed E-state index contributed by atoms with van der Waals surface area (Å²) in [6.07, 6.45) is 1.59. The van der Waals surface area contributed by atoms with E-state index in [2.05, 4.69) is 9.97 Å². The number of fused-ring (bicyclic) bond motifs is 1. The second kappa shape index (κ2) is 3.59. The van der Waals surface area contributed by atoms with Gasteiger partial charge in [0.15, 0.2) is 5.88 Å². The van der Waals surface area contributed by atoms with Gasteiger partial charge in [0.25, 0.3) is 0 Å². The van der Waals surface area contributed by atoms with Gasteiger partial charge < -0.3 is 10.1 Å². The van der Waals surface area contributed by atoms with Crippen LogP contribution in [0.2, 0.25) is 0 Å². The molecule has 0 radical (unpaired) electrons. The number of nitrogens with zero attached hydrogens (tertiary/aromatic N) is 1. The number of pyridine rings is 1. The van der Waals surface area contributed by atoms with Crippen molar-refractivity contribution >= 4 is 10.9 Å². The third-order valence-electron chi connectivity index (χ3n) is 2.68. The minimum Gasteiger partial charge on any atom is -0.494 e. The number of hydrogen-bond donors (Lipinski definition) is 2. The molecule has 3 aromatic rings. The number of rotatable bonds is 1. The Hall–Kier alpha value is -2.36. The molecule has 2 heterocycles. The Kier molecular flexibility index (Phi) is 2.08. The van der Waals surface area contributed by atoms with E-state index in [-0.39, 0.29) is 11.7 Å². The normalized spacial score (nSPS) is 10.9. The Labute approximate surface area is 96.6 Å². The summed E-state index contributed by atoms with van der Waals surface area (Å²) in [6.45, 7) is 0. The zero-order valence-corrected chi connectivity index (χ0v) is 8.81. The molecule has 3 nitrogen and oxygen atoms in total. The fourth-order valence-corrected chi connectivity index (χ4v) is 1.82. The van der Waals surface area contributed by atoms with Crippen LogP contribution in [0.1, 0.15) is 0 Å². The Bertz CT molecular complexity index is 691. The molecule has 0 saturated heterocycles. The summed E-state index contributed by atoms with van der Waals surface area (Å²) in [5.74, 6) is -0.230. The minimum atomic E-state index is -0.306. The lowest BCUT2D eigenvalue weighted by molar-refractivity contribution is 0.462. The Morgan fingerprint density at radius 2 is 1.94 bits per heavy atom. The maximum Gasteiger partial charge on any atom is 0.198 e. The molecule has 0 aliphatic rings. The van der Waals surface area contributed by atoms with E-state index >= 15 is 0 Å². The van der Waals surface area contributed by atoms with Crippen LogP contribution in [0.5, 0.6) is 5.88 Å². The summed E-state index contributed by atoms with van der Waals surface area (Å²) in [4.78, 5) is 6.97. The van der Waals surface area contributed by atoms with Gasteiger partial charge in [0.05, 0.1) is 16.6 Å². The molecular weight excluding hydrogens is 219 g/mol. The Balaban J connectivity index is 2.22. The largest absolute Gasteiger partial charge is 0.494 e. The molecular formula is C13H9FN2O. The van der Waals surface area contributed by atoms with Crippen molar-refractivity contribution in [3.05, 3.63) is 48.4 Å². The zero-order valence-electron chi connectivity index (χ0n) is 8.81. The lowest BCUT2D eigenvalue weighted by Crippen LogP contribution is -1.87. The third kappa shape index (κ3) is 1.54. The maximum atomic E-state index is 13.6. The van der Waals surface area contributed by atoms with Crippen molar-refractivity contribution in [2.45, 2.75) is 0 Å². The summed E-state index contributed by atoms with van der Waals surface area (Å²) in [5.41, 5.74) is 1.62. The number of aromatic nitrogens is 2. The quantitative estimate of drug-likeness (QED) is 0.672. The molecule has 0 saturated carbocycles. The molecule has 0 unspecified atom stereocenters. The zero-order chi connectivity index (χ0) is 11.8. The number of aromatic hydroxyl groups is 1. The second-order valence-corrected chi connectivity index (χ2v) is 3.75. The number of aromatic amines is 1. The number of nitrogens with one attached hydrogen (secondary N) is 1. The first-order chi connectivity index (χ1) is 8.25. The van der Waals surface area contributed by atoms with Gasteiger partial charge in [-0.05, 0) is 24.3 Å². The molecule has 1 aromatic carbocycles. The SMILES string of the molecule is Oc1[nH]cc2nc(-c3ccccc3F)ccc12. The van der Waals surface area contributed by atoms with Crippen molar-refractivity contribution in [2.24, 2.45) is 0 Å². The van der Waals surface area contributed by atoms with Crippen LogP contribution in [0, 0.1) is 5.82 Å². The fourth-order valence-electron chi connectivity index (χ4n) is 1.82. The Morgan fingerprint density at radius 1 is 1.12 bits per heavy atom. The van der Waals surface area contributed by atoms with E-state index in [0.717, 1.165) is 0 Å². The topological polar surface area (TPSA) is 48.9 Å². The second-order valence-electron chi connectivity index (χ2n) is 3.75. The van der Waals surface area contributed by atoms with Gasteiger partial charge >= 0.3 is 0 Å². The average molecular weight is 228 g/mol. The predicted octanol–water partition coefficient (Wildman–Crippen LogP) is 3.07. The van der Waals surface area contributed by atoms with Gasteiger partial charge in [-0.3, -0.25) is 0 Å². The third-order valence-corrected chi connectivity index (χ3v) is 2.68. The van der Waals surface area contributed by atoms with Gasteiger partial charge in [-0.25, -0.2) is 9.37 Å². The van der Waals surface area contributed by atoms with Crippen molar-refractivity contribution in [2.75, 3.05) is 0 Å². The average Bonchev–Trinajstić information content (AvgIpc) is 2.71. The van der Waals surface area contributed by atoms with Gasteiger partial charge in [-0.1, -0.05) is 12.1 Å². The van der Waals surface area contributed by atoms with Gasteiger partial charge in [-0.2, -0.15) is 0 Å². The Morgan fingerprint density at radius 3 is 2.76 bits per heavy atom. The lowest BCUT2D eigenvalue weighted by atomic mass is 10.1. The number of H-pyrrole nitrogens is 1. The van der Waals surface area contributed by atoms with Gasteiger partial charge in [0.1, 0.15) is 5.82 Å². The van der Waals surface area contributed by atoms with Crippen LogP contribution < -0.4 is 0 Å². The van der Waals surface area contributed by atoms with Crippen molar-refractivity contribution in [3.8, 4) is 17.1 Å². The highest BCUT2D eigenvalue weighted by Crippen LogP contribution is 2.26. The van der Waals surface area contributed by atoms with Crippen molar-refractivity contribution < 1.29 is 9.50 Å². The monoisotopic (exact) mass is 228 g/mol. The number of benzene rings is 1. The van der Waals surface area contributed by atoms with E-state index in [1.165, 1.54) is 6.07 Å². The molecule has 84 valence electrons. The lowest BCUT2D eigenvalue weighted by Gasteiger charge is -2.02. The molecule has 4 heteroatoms. The molecule has 0 spiro atoms. The van der Waals surface area contributed by atoms with E-state index < -0.39 is 0 Å². The first kappa shape index (κ1) is 9.84. The summed E-state index contributed by atoms with van der Waals surface area (Å²) in [5, 5.41) is 10.1. The molecule has 17 heavy (non-hydrogen) atoms. The molecule has 3 rings (SSSR count). The van der Waals surface area contributed by atoms with Gasteiger partial charge in [-0.15, -0.1) is 0 Å². The number of hydrogen-bond acceptors (Lipinski definition) is 2.